The maximum Gasteiger partial charge on any atom is 0.0298 e. The second-order valence-corrected chi connectivity index (χ2v) is 6.42. The Balaban J connectivity index is 3.49. The van der Waals surface area contributed by atoms with Gasteiger partial charge in [0.1, 0.15) is 0 Å². The molecular weight excluding hydrogens is 220 g/mol. The van der Waals surface area contributed by atoms with Crippen molar-refractivity contribution in [3.05, 3.63) is 0 Å². The van der Waals surface area contributed by atoms with Gasteiger partial charge in [-0.2, -0.15) is 0 Å². The third kappa shape index (κ3) is 7.38. The minimum absolute atomic E-state index is 0.112. The predicted octanol–water partition coefficient (Wildman–Crippen LogP) is 4.18. The monoisotopic (exact) mass is 256 g/mol. The lowest BCUT2D eigenvalue weighted by atomic mass is 9.89. The molecule has 0 amide bonds. The van der Waals surface area contributed by atoms with Gasteiger partial charge in [0.15, 0.2) is 0 Å². The van der Waals surface area contributed by atoms with Crippen molar-refractivity contribution in [2.45, 2.75) is 90.1 Å². The van der Waals surface area contributed by atoms with Crippen LogP contribution in [0.5, 0.6) is 0 Å². The molecule has 0 heterocycles. The number of likely N-dealkylation sites (N-methyl/N-ethyl adjacent to an activating group) is 1. The van der Waals surface area contributed by atoms with Gasteiger partial charge in [-0.3, -0.25) is 0 Å². The molecule has 2 heteroatoms. The van der Waals surface area contributed by atoms with Crippen molar-refractivity contribution in [1.82, 2.24) is 4.90 Å². The highest BCUT2D eigenvalue weighted by Gasteiger charge is 2.27. The van der Waals surface area contributed by atoms with Gasteiger partial charge < -0.3 is 10.6 Å². The summed E-state index contributed by atoms with van der Waals surface area (Å²) in [5.74, 6) is 0. The van der Waals surface area contributed by atoms with Crippen LogP contribution < -0.4 is 5.73 Å². The highest BCUT2D eigenvalue weighted by Crippen LogP contribution is 2.19. The minimum Gasteiger partial charge on any atom is -0.326 e. The first-order valence-corrected chi connectivity index (χ1v) is 7.86. The van der Waals surface area contributed by atoms with Crippen molar-refractivity contribution < 1.29 is 0 Å². The number of nitrogens with zero attached hydrogens (tertiary/aromatic N) is 1. The maximum atomic E-state index is 6.29. The number of nitrogens with two attached hydrogens (primary N) is 1. The van der Waals surface area contributed by atoms with Crippen LogP contribution in [-0.2, 0) is 0 Å². The van der Waals surface area contributed by atoms with Crippen LogP contribution in [0.4, 0.5) is 0 Å². The Hall–Kier alpha value is -0.0800. The first-order chi connectivity index (χ1) is 8.42. The summed E-state index contributed by atoms with van der Waals surface area (Å²) in [7, 11) is 4.24. The number of hydrogen-bond acceptors (Lipinski definition) is 2. The summed E-state index contributed by atoms with van der Waals surface area (Å²) in [5, 5.41) is 0. The number of hydrogen-bond donors (Lipinski definition) is 1. The summed E-state index contributed by atoms with van der Waals surface area (Å²) in [6, 6.07) is 0.285. The summed E-state index contributed by atoms with van der Waals surface area (Å²) in [4.78, 5) is 2.24. The third-order valence-electron chi connectivity index (χ3n) is 4.43. The second-order valence-electron chi connectivity index (χ2n) is 6.42. The molecule has 0 aliphatic rings. The Morgan fingerprint density at radius 2 is 1.33 bits per heavy atom. The fourth-order valence-corrected chi connectivity index (χ4v) is 2.18. The van der Waals surface area contributed by atoms with Gasteiger partial charge in [0.2, 0.25) is 0 Å². The zero-order valence-electron chi connectivity index (χ0n) is 13.5. The van der Waals surface area contributed by atoms with Crippen molar-refractivity contribution in [1.29, 1.82) is 0 Å². The lowest BCUT2D eigenvalue weighted by molar-refractivity contribution is 0.151. The smallest absolute Gasteiger partial charge is 0.0298 e. The molecule has 0 saturated heterocycles. The van der Waals surface area contributed by atoms with Gasteiger partial charge in [-0.15, -0.1) is 0 Å². The first-order valence-electron chi connectivity index (χ1n) is 7.86. The lowest BCUT2D eigenvalue weighted by Crippen LogP contribution is -2.52. The van der Waals surface area contributed by atoms with Gasteiger partial charge in [0.25, 0.3) is 0 Å². The molecule has 0 aliphatic carbocycles. The Morgan fingerprint density at radius 3 is 1.78 bits per heavy atom. The summed E-state index contributed by atoms with van der Waals surface area (Å²) in [6.45, 7) is 6.75. The first kappa shape index (κ1) is 17.9. The number of rotatable bonds is 11. The van der Waals surface area contributed by atoms with Crippen LogP contribution in [-0.4, -0.2) is 30.6 Å². The van der Waals surface area contributed by atoms with E-state index in [0.29, 0.717) is 0 Å². The summed E-state index contributed by atoms with van der Waals surface area (Å²) in [6.07, 6.45) is 12.2. The molecule has 18 heavy (non-hydrogen) atoms. The molecule has 0 bridgehead atoms. The van der Waals surface area contributed by atoms with E-state index in [4.69, 9.17) is 5.73 Å². The van der Waals surface area contributed by atoms with Crippen LogP contribution in [0.15, 0.2) is 0 Å². The van der Waals surface area contributed by atoms with Crippen LogP contribution in [0, 0.1) is 0 Å². The van der Waals surface area contributed by atoms with Crippen molar-refractivity contribution in [2.24, 2.45) is 5.73 Å². The van der Waals surface area contributed by atoms with E-state index >= 15 is 0 Å². The lowest BCUT2D eigenvalue weighted by Gasteiger charge is -2.38. The van der Waals surface area contributed by atoms with Crippen molar-refractivity contribution in [3.63, 3.8) is 0 Å². The fraction of sp³-hybridized carbons (Fsp3) is 1.00. The average Bonchev–Trinajstić information content (AvgIpc) is 2.32. The Bertz CT molecular complexity index is 188. The van der Waals surface area contributed by atoms with Crippen molar-refractivity contribution in [2.75, 3.05) is 14.1 Å². The van der Waals surface area contributed by atoms with E-state index < -0.39 is 0 Å². The van der Waals surface area contributed by atoms with Crippen molar-refractivity contribution in [3.8, 4) is 0 Å². The SMILES string of the molecule is CCCCCCCCCCC(N)C(C)(C)N(C)C. The van der Waals surface area contributed by atoms with E-state index in [0.717, 1.165) is 6.42 Å². The van der Waals surface area contributed by atoms with Crippen molar-refractivity contribution >= 4 is 0 Å². The standard InChI is InChI=1S/C16H36N2/c1-6-7-8-9-10-11-12-13-14-15(17)16(2,3)18(4)5/h15H,6-14,17H2,1-5H3. The second kappa shape index (κ2) is 9.80. The van der Waals surface area contributed by atoms with E-state index in [1.165, 1.54) is 51.4 Å². The highest BCUT2D eigenvalue weighted by molar-refractivity contribution is 4.88. The van der Waals surface area contributed by atoms with Gasteiger partial charge in [0.05, 0.1) is 0 Å². The molecule has 0 saturated carbocycles. The molecule has 0 aromatic heterocycles. The van der Waals surface area contributed by atoms with E-state index in [1.54, 1.807) is 0 Å². The van der Waals surface area contributed by atoms with Gasteiger partial charge >= 0.3 is 0 Å². The zero-order valence-corrected chi connectivity index (χ0v) is 13.5. The van der Waals surface area contributed by atoms with Gasteiger partial charge in [-0.1, -0.05) is 58.3 Å². The van der Waals surface area contributed by atoms with E-state index in [1.807, 2.05) is 0 Å². The predicted molar refractivity (Wildman–Crippen MR) is 83.0 cm³/mol. The largest absolute Gasteiger partial charge is 0.326 e. The molecule has 1 unspecified atom stereocenters. The Labute approximate surface area is 115 Å². The van der Waals surface area contributed by atoms with E-state index in [9.17, 15) is 0 Å². The molecule has 1 atom stereocenters. The summed E-state index contributed by atoms with van der Waals surface area (Å²) >= 11 is 0. The maximum absolute atomic E-state index is 6.29. The molecule has 0 spiro atoms. The normalized spacial score (nSPS) is 14.2. The Kier molecular flexibility index (Phi) is 9.76. The molecule has 0 radical (unpaired) electrons. The minimum atomic E-state index is 0.112. The molecule has 2 N–H and O–H groups in total. The summed E-state index contributed by atoms with van der Waals surface area (Å²) in [5.41, 5.74) is 6.40. The third-order valence-corrected chi connectivity index (χ3v) is 4.43. The molecule has 0 aromatic carbocycles. The average molecular weight is 256 g/mol. The highest BCUT2D eigenvalue weighted by atomic mass is 15.2. The van der Waals surface area contributed by atoms with E-state index in [2.05, 4.69) is 39.8 Å². The van der Waals surface area contributed by atoms with Crippen LogP contribution in [0.3, 0.4) is 0 Å². The molecule has 0 aliphatic heterocycles. The van der Waals surface area contributed by atoms with Crippen LogP contribution >= 0.6 is 0 Å². The fourth-order valence-electron chi connectivity index (χ4n) is 2.18. The Morgan fingerprint density at radius 1 is 0.889 bits per heavy atom. The summed E-state index contributed by atoms with van der Waals surface area (Å²) < 4.78 is 0. The molecule has 110 valence electrons. The van der Waals surface area contributed by atoms with Gasteiger partial charge in [-0.25, -0.2) is 0 Å². The van der Waals surface area contributed by atoms with Crippen LogP contribution in [0.25, 0.3) is 0 Å². The van der Waals surface area contributed by atoms with E-state index in [-0.39, 0.29) is 11.6 Å². The number of unbranched alkanes of at least 4 members (excludes halogenated alkanes) is 7. The molecular formula is C16H36N2. The molecule has 2 nitrogen and oxygen atoms in total. The van der Waals surface area contributed by atoms with Crippen LogP contribution in [0.1, 0.15) is 78.6 Å². The molecule has 0 fully saturated rings. The van der Waals surface area contributed by atoms with Gasteiger partial charge in [0, 0.05) is 11.6 Å². The zero-order chi connectivity index (χ0) is 14.0. The van der Waals surface area contributed by atoms with Gasteiger partial charge in [-0.05, 0) is 34.4 Å². The quantitative estimate of drug-likeness (QED) is 0.562. The topological polar surface area (TPSA) is 29.3 Å². The molecule has 0 rings (SSSR count). The van der Waals surface area contributed by atoms with Crippen LogP contribution in [0.2, 0.25) is 0 Å². The molecule has 0 aromatic rings.